The quantitative estimate of drug-likeness (QED) is 0.686. The maximum absolute atomic E-state index is 3.26. The number of hydrogen-bond acceptors (Lipinski definition) is 0. The fourth-order valence-electron chi connectivity index (χ4n) is 2.32. The number of nitrogens with zero attached hydrogens (tertiary/aromatic N) is 1. The molecule has 0 atom stereocenters. The zero-order chi connectivity index (χ0) is 11.8. The molecule has 3 aromatic rings. The topological polar surface area (TPSA) is 20.7 Å². The predicted octanol–water partition coefficient (Wildman–Crippen LogP) is 3.63. The number of aryl methyl sites for hydroxylation is 2. The molecule has 0 aliphatic rings. The summed E-state index contributed by atoms with van der Waals surface area (Å²) in [6.07, 6.45) is 1.99. The van der Waals surface area contributed by atoms with E-state index in [1.165, 1.54) is 27.9 Å². The third-order valence-electron chi connectivity index (χ3n) is 3.38. The maximum atomic E-state index is 3.26. The third kappa shape index (κ3) is 1.76. The summed E-state index contributed by atoms with van der Waals surface area (Å²) in [4.78, 5) is 3.26. The Labute approximate surface area is 101 Å². The van der Waals surface area contributed by atoms with Crippen molar-refractivity contribution in [1.82, 2.24) is 9.55 Å². The lowest BCUT2D eigenvalue weighted by atomic mass is 10.1. The standard InChI is InChI=1S/C15H16N2/c1-11-3-4-12(2)17(11)10-13-5-6-14-7-8-16-15(14)9-13/h3-9,16H,10H2,1-2H3. The first-order valence-corrected chi connectivity index (χ1v) is 5.93. The molecule has 0 aliphatic carbocycles. The largest absolute Gasteiger partial charge is 0.361 e. The molecule has 2 heteroatoms. The molecule has 0 aliphatic heterocycles. The number of rotatable bonds is 2. The molecular formula is C15H16N2. The van der Waals surface area contributed by atoms with E-state index in [2.05, 4.69) is 59.8 Å². The average molecular weight is 224 g/mol. The van der Waals surface area contributed by atoms with Crippen molar-refractivity contribution >= 4 is 10.9 Å². The second-order valence-electron chi connectivity index (χ2n) is 4.60. The highest BCUT2D eigenvalue weighted by Gasteiger charge is 2.03. The van der Waals surface area contributed by atoms with E-state index in [1.54, 1.807) is 0 Å². The first kappa shape index (κ1) is 10.2. The smallest absolute Gasteiger partial charge is 0.0476 e. The minimum atomic E-state index is 0.944. The van der Waals surface area contributed by atoms with E-state index in [0.717, 1.165) is 6.54 Å². The van der Waals surface area contributed by atoms with Crippen molar-refractivity contribution in [2.45, 2.75) is 20.4 Å². The van der Waals surface area contributed by atoms with Crippen LogP contribution in [0.15, 0.2) is 42.6 Å². The molecule has 0 amide bonds. The number of aromatic nitrogens is 2. The highest BCUT2D eigenvalue weighted by atomic mass is 15.0. The fourth-order valence-corrected chi connectivity index (χ4v) is 2.32. The van der Waals surface area contributed by atoms with E-state index >= 15 is 0 Å². The van der Waals surface area contributed by atoms with E-state index in [-0.39, 0.29) is 0 Å². The number of fused-ring (bicyclic) bond motifs is 1. The Morgan fingerprint density at radius 1 is 1.00 bits per heavy atom. The zero-order valence-electron chi connectivity index (χ0n) is 10.2. The van der Waals surface area contributed by atoms with Crippen LogP contribution in [0.2, 0.25) is 0 Å². The molecule has 1 aromatic carbocycles. The average Bonchev–Trinajstić information content (AvgIpc) is 2.90. The molecular weight excluding hydrogens is 208 g/mol. The summed E-state index contributed by atoms with van der Waals surface area (Å²) in [5.41, 5.74) is 5.18. The van der Waals surface area contributed by atoms with E-state index in [4.69, 9.17) is 0 Å². The Bertz CT molecular complexity index is 639. The van der Waals surface area contributed by atoms with Gasteiger partial charge in [-0.15, -0.1) is 0 Å². The van der Waals surface area contributed by atoms with Crippen LogP contribution in [0.4, 0.5) is 0 Å². The number of nitrogens with one attached hydrogen (secondary N) is 1. The summed E-state index contributed by atoms with van der Waals surface area (Å²) in [6, 6.07) is 13.1. The molecule has 2 heterocycles. The Morgan fingerprint density at radius 2 is 1.76 bits per heavy atom. The van der Waals surface area contributed by atoms with Crippen LogP contribution in [0.5, 0.6) is 0 Å². The van der Waals surface area contributed by atoms with E-state index in [0.29, 0.717) is 0 Å². The Hall–Kier alpha value is -1.96. The number of H-pyrrole nitrogens is 1. The number of hydrogen-bond donors (Lipinski definition) is 1. The van der Waals surface area contributed by atoms with Gasteiger partial charge in [0.05, 0.1) is 0 Å². The Balaban J connectivity index is 1.99. The summed E-state index contributed by atoms with van der Waals surface area (Å²) in [6.45, 7) is 5.25. The van der Waals surface area contributed by atoms with Gasteiger partial charge in [0, 0.05) is 29.6 Å². The van der Waals surface area contributed by atoms with E-state index < -0.39 is 0 Å². The number of benzene rings is 1. The summed E-state index contributed by atoms with van der Waals surface area (Å²) in [7, 11) is 0. The molecule has 0 spiro atoms. The van der Waals surface area contributed by atoms with Gasteiger partial charge in [0.1, 0.15) is 0 Å². The van der Waals surface area contributed by atoms with Gasteiger partial charge in [0.15, 0.2) is 0 Å². The third-order valence-corrected chi connectivity index (χ3v) is 3.38. The molecule has 2 nitrogen and oxygen atoms in total. The molecule has 86 valence electrons. The van der Waals surface area contributed by atoms with Gasteiger partial charge in [0.25, 0.3) is 0 Å². The molecule has 17 heavy (non-hydrogen) atoms. The van der Waals surface area contributed by atoms with Crippen LogP contribution in [0, 0.1) is 13.8 Å². The summed E-state index contributed by atoms with van der Waals surface area (Å²) in [5, 5.41) is 1.27. The molecule has 0 saturated heterocycles. The van der Waals surface area contributed by atoms with Crippen LogP contribution in [-0.4, -0.2) is 9.55 Å². The molecule has 1 N–H and O–H groups in total. The molecule has 0 saturated carbocycles. The van der Waals surface area contributed by atoms with E-state index in [1.807, 2.05) is 6.20 Å². The minimum Gasteiger partial charge on any atom is -0.361 e. The summed E-state index contributed by atoms with van der Waals surface area (Å²) in [5.74, 6) is 0. The number of aromatic amines is 1. The van der Waals surface area contributed by atoms with Crippen LogP contribution in [0.3, 0.4) is 0 Å². The Morgan fingerprint density at radius 3 is 2.53 bits per heavy atom. The van der Waals surface area contributed by atoms with Crippen LogP contribution < -0.4 is 0 Å². The van der Waals surface area contributed by atoms with Crippen molar-refractivity contribution in [3.63, 3.8) is 0 Å². The van der Waals surface area contributed by atoms with Crippen molar-refractivity contribution in [2.24, 2.45) is 0 Å². The summed E-state index contributed by atoms with van der Waals surface area (Å²) < 4.78 is 2.34. The lowest BCUT2D eigenvalue weighted by Gasteiger charge is -2.09. The fraction of sp³-hybridized carbons (Fsp3) is 0.200. The maximum Gasteiger partial charge on any atom is 0.0476 e. The van der Waals surface area contributed by atoms with Gasteiger partial charge < -0.3 is 9.55 Å². The molecule has 0 fully saturated rings. The van der Waals surface area contributed by atoms with Crippen molar-refractivity contribution in [3.8, 4) is 0 Å². The SMILES string of the molecule is Cc1ccc(C)n1Cc1ccc2cc[nH]c2c1. The lowest BCUT2D eigenvalue weighted by molar-refractivity contribution is 0.750. The van der Waals surface area contributed by atoms with Crippen molar-refractivity contribution in [2.75, 3.05) is 0 Å². The lowest BCUT2D eigenvalue weighted by Crippen LogP contribution is -2.03. The highest BCUT2D eigenvalue weighted by Crippen LogP contribution is 2.17. The van der Waals surface area contributed by atoms with E-state index in [9.17, 15) is 0 Å². The van der Waals surface area contributed by atoms with Gasteiger partial charge in [-0.05, 0) is 49.1 Å². The van der Waals surface area contributed by atoms with Crippen LogP contribution in [0.1, 0.15) is 17.0 Å². The minimum absolute atomic E-state index is 0.944. The van der Waals surface area contributed by atoms with Crippen LogP contribution >= 0.6 is 0 Å². The first-order chi connectivity index (χ1) is 8.24. The van der Waals surface area contributed by atoms with Crippen molar-refractivity contribution in [3.05, 3.63) is 59.5 Å². The first-order valence-electron chi connectivity index (χ1n) is 5.93. The van der Waals surface area contributed by atoms with Crippen molar-refractivity contribution in [1.29, 1.82) is 0 Å². The van der Waals surface area contributed by atoms with Gasteiger partial charge in [-0.3, -0.25) is 0 Å². The van der Waals surface area contributed by atoms with Gasteiger partial charge in [0.2, 0.25) is 0 Å². The normalized spacial score (nSPS) is 11.2. The molecule has 2 aromatic heterocycles. The Kier molecular flexibility index (Phi) is 2.29. The highest BCUT2D eigenvalue weighted by molar-refractivity contribution is 5.79. The van der Waals surface area contributed by atoms with Crippen molar-refractivity contribution < 1.29 is 0 Å². The molecule has 0 bridgehead atoms. The molecule has 3 rings (SSSR count). The molecule has 0 radical (unpaired) electrons. The zero-order valence-corrected chi connectivity index (χ0v) is 10.2. The predicted molar refractivity (Wildman–Crippen MR) is 71.3 cm³/mol. The van der Waals surface area contributed by atoms with Crippen LogP contribution in [-0.2, 0) is 6.54 Å². The van der Waals surface area contributed by atoms with Gasteiger partial charge in [-0.1, -0.05) is 12.1 Å². The second-order valence-corrected chi connectivity index (χ2v) is 4.60. The monoisotopic (exact) mass is 224 g/mol. The summed E-state index contributed by atoms with van der Waals surface area (Å²) >= 11 is 0. The molecule has 0 unspecified atom stereocenters. The van der Waals surface area contributed by atoms with Gasteiger partial charge in [-0.2, -0.15) is 0 Å². The second kappa shape index (κ2) is 3.81. The van der Waals surface area contributed by atoms with Crippen LogP contribution in [0.25, 0.3) is 10.9 Å². The van der Waals surface area contributed by atoms with Gasteiger partial charge in [-0.25, -0.2) is 0 Å². The van der Waals surface area contributed by atoms with Gasteiger partial charge >= 0.3 is 0 Å².